The highest BCUT2D eigenvalue weighted by molar-refractivity contribution is 5.95. The maximum atomic E-state index is 13.0. The van der Waals surface area contributed by atoms with E-state index in [-0.39, 0.29) is 24.5 Å². The van der Waals surface area contributed by atoms with Crippen molar-refractivity contribution in [3.8, 4) is 5.75 Å². The van der Waals surface area contributed by atoms with Gasteiger partial charge in [-0.3, -0.25) is 14.4 Å². The third kappa shape index (κ3) is 5.37. The first-order valence-corrected chi connectivity index (χ1v) is 10.2. The number of ether oxygens (including phenoxy) is 1. The molecule has 1 aliphatic rings. The predicted octanol–water partition coefficient (Wildman–Crippen LogP) is 2.50. The Morgan fingerprint density at radius 1 is 1.17 bits per heavy atom. The lowest BCUT2D eigenvalue weighted by Gasteiger charge is -2.33. The van der Waals surface area contributed by atoms with Gasteiger partial charge in [-0.15, -0.1) is 0 Å². The van der Waals surface area contributed by atoms with Gasteiger partial charge in [0.2, 0.25) is 5.91 Å². The summed E-state index contributed by atoms with van der Waals surface area (Å²) in [6.07, 6.45) is 2.17. The minimum atomic E-state index is -0.552. The van der Waals surface area contributed by atoms with Crippen LogP contribution in [0.2, 0.25) is 0 Å². The molecule has 3 N–H and O–H groups in total. The van der Waals surface area contributed by atoms with Gasteiger partial charge >= 0.3 is 0 Å². The summed E-state index contributed by atoms with van der Waals surface area (Å²) >= 11 is 0. The van der Waals surface area contributed by atoms with Crippen LogP contribution in [0.15, 0.2) is 48.5 Å². The molecule has 0 spiro atoms. The molecule has 3 rings (SSSR count). The largest absolute Gasteiger partial charge is 0.488 e. The van der Waals surface area contributed by atoms with Gasteiger partial charge in [-0.1, -0.05) is 31.2 Å². The molecule has 1 heterocycles. The number of hydrogen-bond acceptors (Lipinski definition) is 4. The normalized spacial score (nSPS) is 16.0. The van der Waals surface area contributed by atoms with Gasteiger partial charge in [0.1, 0.15) is 12.4 Å². The Labute approximate surface area is 176 Å². The van der Waals surface area contributed by atoms with Crippen LogP contribution in [0, 0.1) is 0 Å². The summed E-state index contributed by atoms with van der Waals surface area (Å²) < 4.78 is 5.76. The van der Waals surface area contributed by atoms with Crippen LogP contribution in [0.5, 0.6) is 5.75 Å². The number of primary amides is 1. The fourth-order valence-corrected chi connectivity index (χ4v) is 3.54. The monoisotopic (exact) mass is 409 g/mol. The number of nitrogens with two attached hydrogens (primary N) is 1. The van der Waals surface area contributed by atoms with E-state index in [4.69, 9.17) is 10.5 Å². The first kappa shape index (κ1) is 21.4. The van der Waals surface area contributed by atoms with E-state index in [9.17, 15) is 14.4 Å². The average Bonchev–Trinajstić information content (AvgIpc) is 2.77. The fourth-order valence-electron chi connectivity index (χ4n) is 3.54. The molecule has 30 heavy (non-hydrogen) atoms. The van der Waals surface area contributed by atoms with Crippen molar-refractivity contribution >= 4 is 17.7 Å². The lowest BCUT2D eigenvalue weighted by molar-refractivity contribution is -0.121. The molecule has 2 aromatic rings. The Kier molecular flexibility index (Phi) is 7.06. The van der Waals surface area contributed by atoms with Crippen molar-refractivity contribution in [3.05, 3.63) is 65.2 Å². The highest BCUT2D eigenvalue weighted by Gasteiger charge is 2.25. The first-order valence-electron chi connectivity index (χ1n) is 10.2. The van der Waals surface area contributed by atoms with E-state index in [1.54, 1.807) is 41.3 Å². The van der Waals surface area contributed by atoms with Gasteiger partial charge in [0.15, 0.2) is 0 Å². The fraction of sp³-hybridized carbons (Fsp3) is 0.348. The van der Waals surface area contributed by atoms with Gasteiger partial charge in [-0.05, 0) is 42.7 Å². The van der Waals surface area contributed by atoms with Crippen molar-refractivity contribution in [1.82, 2.24) is 10.2 Å². The minimum Gasteiger partial charge on any atom is -0.488 e. The van der Waals surface area contributed by atoms with Crippen molar-refractivity contribution in [3.63, 3.8) is 0 Å². The molecule has 1 atom stereocenters. The summed E-state index contributed by atoms with van der Waals surface area (Å²) in [5.74, 6) is -0.203. The van der Waals surface area contributed by atoms with E-state index in [1.807, 2.05) is 19.1 Å². The molecule has 2 aromatic carbocycles. The van der Waals surface area contributed by atoms with Crippen LogP contribution >= 0.6 is 0 Å². The molecule has 0 bridgehead atoms. The highest BCUT2D eigenvalue weighted by atomic mass is 16.5. The van der Waals surface area contributed by atoms with Crippen molar-refractivity contribution < 1.29 is 19.1 Å². The number of carbonyl (C=O) groups is 3. The Bertz CT molecular complexity index is 928. The summed E-state index contributed by atoms with van der Waals surface area (Å²) in [4.78, 5) is 38.0. The molecule has 3 amide bonds. The number of hydrogen-bond donors (Lipinski definition) is 2. The number of amides is 3. The van der Waals surface area contributed by atoms with E-state index < -0.39 is 5.91 Å². The predicted molar refractivity (Wildman–Crippen MR) is 113 cm³/mol. The molecule has 7 heteroatoms. The number of nitrogens with one attached hydrogen (secondary N) is 1. The number of nitrogens with zero attached hydrogens (tertiary/aromatic N) is 1. The van der Waals surface area contributed by atoms with Gasteiger partial charge in [-0.2, -0.15) is 0 Å². The second-order valence-electron chi connectivity index (χ2n) is 7.36. The number of para-hydroxylation sites is 1. The van der Waals surface area contributed by atoms with Crippen LogP contribution in [0.1, 0.15) is 52.5 Å². The lowest BCUT2D eigenvalue weighted by Crippen LogP contribution is -2.49. The summed E-state index contributed by atoms with van der Waals surface area (Å²) in [5, 5.41) is 2.98. The van der Waals surface area contributed by atoms with Crippen LogP contribution in [-0.4, -0.2) is 41.8 Å². The maximum Gasteiger partial charge on any atom is 0.253 e. The maximum absolute atomic E-state index is 13.0. The van der Waals surface area contributed by atoms with Crippen molar-refractivity contribution in [1.29, 1.82) is 0 Å². The quantitative estimate of drug-likeness (QED) is 0.733. The first-order chi connectivity index (χ1) is 14.5. The Balaban J connectivity index is 1.65. The second-order valence-corrected chi connectivity index (χ2v) is 7.36. The molecule has 0 saturated carbocycles. The van der Waals surface area contributed by atoms with Crippen molar-refractivity contribution in [2.24, 2.45) is 5.73 Å². The Hall–Kier alpha value is -3.35. The average molecular weight is 409 g/mol. The number of carbonyl (C=O) groups excluding carboxylic acids is 3. The third-order valence-electron chi connectivity index (χ3n) is 5.12. The zero-order valence-corrected chi connectivity index (χ0v) is 17.1. The van der Waals surface area contributed by atoms with E-state index in [0.717, 1.165) is 18.4 Å². The topological polar surface area (TPSA) is 102 Å². The molecule has 158 valence electrons. The molecular formula is C23H27N3O4. The van der Waals surface area contributed by atoms with E-state index in [0.29, 0.717) is 36.4 Å². The molecule has 7 nitrogen and oxygen atoms in total. The Morgan fingerprint density at radius 2 is 1.97 bits per heavy atom. The third-order valence-corrected chi connectivity index (χ3v) is 5.12. The summed E-state index contributed by atoms with van der Waals surface area (Å²) in [7, 11) is 0. The minimum absolute atomic E-state index is 0.00434. The van der Waals surface area contributed by atoms with E-state index >= 15 is 0 Å². The molecule has 0 aliphatic carbocycles. The van der Waals surface area contributed by atoms with Gasteiger partial charge in [0, 0.05) is 31.1 Å². The SMILES string of the molecule is CCC(=O)NC1CCCN(C(=O)c2cccc(COc3ccccc3C(N)=O)c2)C1. The Morgan fingerprint density at radius 3 is 2.73 bits per heavy atom. The summed E-state index contributed by atoms with van der Waals surface area (Å²) in [6, 6.07) is 14.0. The van der Waals surface area contributed by atoms with Crippen LogP contribution in [-0.2, 0) is 11.4 Å². The molecule has 1 saturated heterocycles. The van der Waals surface area contributed by atoms with Crippen LogP contribution in [0.3, 0.4) is 0 Å². The molecule has 0 aromatic heterocycles. The molecule has 1 fully saturated rings. The zero-order chi connectivity index (χ0) is 21.5. The van der Waals surface area contributed by atoms with Crippen molar-refractivity contribution in [2.45, 2.75) is 38.8 Å². The molecule has 1 aliphatic heterocycles. The van der Waals surface area contributed by atoms with Crippen molar-refractivity contribution in [2.75, 3.05) is 13.1 Å². The van der Waals surface area contributed by atoms with Gasteiger partial charge in [-0.25, -0.2) is 0 Å². The smallest absolute Gasteiger partial charge is 0.253 e. The number of rotatable bonds is 7. The molecule has 0 radical (unpaired) electrons. The molecular weight excluding hydrogens is 382 g/mol. The summed E-state index contributed by atoms with van der Waals surface area (Å²) in [6.45, 7) is 3.21. The summed E-state index contributed by atoms with van der Waals surface area (Å²) in [5.41, 5.74) is 7.09. The van der Waals surface area contributed by atoms with E-state index in [1.165, 1.54) is 0 Å². The molecule has 1 unspecified atom stereocenters. The van der Waals surface area contributed by atoms with Crippen LogP contribution in [0.4, 0.5) is 0 Å². The van der Waals surface area contributed by atoms with Gasteiger partial charge < -0.3 is 20.7 Å². The number of likely N-dealkylation sites (tertiary alicyclic amines) is 1. The standard InChI is InChI=1S/C23H27N3O4/c1-2-21(27)25-18-9-6-12-26(14-18)23(29)17-8-5-7-16(13-17)15-30-20-11-4-3-10-19(20)22(24)28/h3-5,7-8,10-11,13,18H,2,6,9,12,14-15H2,1H3,(H2,24,28)(H,25,27). The number of piperidine rings is 1. The van der Waals surface area contributed by atoms with E-state index in [2.05, 4.69) is 5.32 Å². The van der Waals surface area contributed by atoms with Gasteiger partial charge in [0.05, 0.1) is 5.56 Å². The highest BCUT2D eigenvalue weighted by Crippen LogP contribution is 2.20. The second kappa shape index (κ2) is 9.91. The zero-order valence-electron chi connectivity index (χ0n) is 17.1. The van der Waals surface area contributed by atoms with Gasteiger partial charge in [0.25, 0.3) is 11.8 Å². The van der Waals surface area contributed by atoms with Crippen LogP contribution < -0.4 is 15.8 Å². The van der Waals surface area contributed by atoms with Crippen LogP contribution in [0.25, 0.3) is 0 Å². The lowest BCUT2D eigenvalue weighted by atomic mass is 10.0. The number of benzene rings is 2.